The number of benzene rings is 1. The van der Waals surface area contributed by atoms with E-state index in [1.165, 1.54) is 11.1 Å². The predicted octanol–water partition coefficient (Wildman–Crippen LogP) is 3.51. The smallest absolute Gasteiger partial charge is 0.120 e. The van der Waals surface area contributed by atoms with E-state index in [0.717, 1.165) is 19.1 Å². The van der Waals surface area contributed by atoms with Crippen LogP contribution in [-0.2, 0) is 16.6 Å². The Kier molecular flexibility index (Phi) is 4.07. The third kappa shape index (κ3) is 3.86. The zero-order valence-corrected chi connectivity index (χ0v) is 9.92. The van der Waals surface area contributed by atoms with Crippen molar-refractivity contribution in [3.63, 3.8) is 0 Å². The van der Waals surface area contributed by atoms with Crippen LogP contribution in [0.2, 0.25) is 0 Å². The summed E-state index contributed by atoms with van der Waals surface area (Å²) in [7, 11) is 0. The van der Waals surface area contributed by atoms with E-state index in [0.29, 0.717) is 6.42 Å². The van der Waals surface area contributed by atoms with Gasteiger partial charge in [0.1, 0.15) is 6.29 Å². The third-order valence-corrected chi connectivity index (χ3v) is 2.58. The summed E-state index contributed by atoms with van der Waals surface area (Å²) in [5.74, 6) is 0. The van der Waals surface area contributed by atoms with Crippen LogP contribution in [0.4, 0.5) is 0 Å². The average Bonchev–Trinajstić information content (AvgIpc) is 2.17. The summed E-state index contributed by atoms with van der Waals surface area (Å²) in [4.78, 5) is 10.2. The summed E-state index contributed by atoms with van der Waals surface area (Å²) in [6.07, 6.45) is 3.62. The van der Waals surface area contributed by atoms with Gasteiger partial charge in [-0.25, -0.2) is 0 Å². The largest absolute Gasteiger partial charge is 0.303 e. The summed E-state index contributed by atoms with van der Waals surface area (Å²) >= 11 is 0. The molecule has 0 heterocycles. The summed E-state index contributed by atoms with van der Waals surface area (Å²) in [5.41, 5.74) is 2.91. The van der Waals surface area contributed by atoms with Crippen LogP contribution in [0.25, 0.3) is 0 Å². The van der Waals surface area contributed by atoms with Crippen LogP contribution in [0.3, 0.4) is 0 Å². The highest BCUT2D eigenvalue weighted by molar-refractivity contribution is 5.49. The number of aldehydes is 1. The Morgan fingerprint density at radius 3 is 2.60 bits per heavy atom. The Morgan fingerprint density at radius 2 is 2.00 bits per heavy atom. The van der Waals surface area contributed by atoms with Gasteiger partial charge in [-0.1, -0.05) is 45.0 Å². The molecule has 0 aliphatic heterocycles. The van der Waals surface area contributed by atoms with Gasteiger partial charge in [0.2, 0.25) is 0 Å². The maximum Gasteiger partial charge on any atom is 0.120 e. The summed E-state index contributed by atoms with van der Waals surface area (Å²) < 4.78 is 0. The third-order valence-electron chi connectivity index (χ3n) is 2.58. The fraction of sp³-hybridized carbons (Fsp3) is 0.500. The van der Waals surface area contributed by atoms with Gasteiger partial charge in [0, 0.05) is 6.42 Å². The molecule has 15 heavy (non-hydrogen) atoms. The van der Waals surface area contributed by atoms with E-state index in [1.807, 2.05) is 0 Å². The van der Waals surface area contributed by atoms with Gasteiger partial charge >= 0.3 is 0 Å². The lowest BCUT2D eigenvalue weighted by molar-refractivity contribution is -0.107. The topological polar surface area (TPSA) is 17.1 Å². The van der Waals surface area contributed by atoms with Crippen molar-refractivity contribution in [3.05, 3.63) is 35.4 Å². The second kappa shape index (κ2) is 5.11. The van der Waals surface area contributed by atoms with E-state index in [1.54, 1.807) is 0 Å². The van der Waals surface area contributed by atoms with Crippen molar-refractivity contribution < 1.29 is 4.79 Å². The second-order valence-corrected chi connectivity index (χ2v) is 5.01. The highest BCUT2D eigenvalue weighted by Gasteiger charge is 2.13. The molecule has 0 saturated carbocycles. The normalized spacial score (nSPS) is 11.4. The van der Waals surface area contributed by atoms with Crippen molar-refractivity contribution in [1.29, 1.82) is 0 Å². The molecule has 1 aromatic rings. The molecule has 0 aromatic heterocycles. The molecule has 0 N–H and O–H groups in total. The first-order chi connectivity index (χ1) is 7.04. The fourth-order valence-electron chi connectivity index (χ4n) is 1.58. The number of hydrogen-bond acceptors (Lipinski definition) is 1. The van der Waals surface area contributed by atoms with Crippen molar-refractivity contribution >= 4 is 6.29 Å². The van der Waals surface area contributed by atoms with Crippen molar-refractivity contribution in [2.75, 3.05) is 0 Å². The van der Waals surface area contributed by atoms with E-state index in [2.05, 4.69) is 45.0 Å². The molecule has 0 aliphatic carbocycles. The van der Waals surface area contributed by atoms with Crippen LogP contribution in [0, 0.1) is 0 Å². The first-order valence-electron chi connectivity index (χ1n) is 5.57. The molecule has 1 nitrogen and oxygen atoms in total. The van der Waals surface area contributed by atoms with E-state index < -0.39 is 0 Å². The lowest BCUT2D eigenvalue weighted by atomic mass is 9.86. The fourth-order valence-corrected chi connectivity index (χ4v) is 1.58. The molecule has 0 fully saturated rings. The van der Waals surface area contributed by atoms with E-state index in [4.69, 9.17) is 0 Å². The molecule has 0 unspecified atom stereocenters. The van der Waals surface area contributed by atoms with Crippen molar-refractivity contribution in [1.82, 2.24) is 0 Å². The highest BCUT2D eigenvalue weighted by Crippen LogP contribution is 2.23. The average molecular weight is 204 g/mol. The monoisotopic (exact) mass is 204 g/mol. The number of aryl methyl sites for hydroxylation is 1. The molecular formula is C14H20O. The Labute approximate surface area is 92.5 Å². The van der Waals surface area contributed by atoms with Gasteiger partial charge in [-0.3, -0.25) is 0 Å². The molecule has 1 aromatic carbocycles. The van der Waals surface area contributed by atoms with Gasteiger partial charge in [0.25, 0.3) is 0 Å². The molecule has 1 heteroatoms. The van der Waals surface area contributed by atoms with Gasteiger partial charge in [-0.2, -0.15) is 0 Å². The Bertz CT molecular complexity index is 320. The Hall–Kier alpha value is -1.11. The number of carbonyl (C=O) groups is 1. The zero-order valence-electron chi connectivity index (χ0n) is 9.92. The molecule has 0 spiro atoms. The van der Waals surface area contributed by atoms with Gasteiger partial charge in [-0.05, 0) is 29.4 Å². The molecule has 82 valence electrons. The van der Waals surface area contributed by atoms with E-state index >= 15 is 0 Å². The van der Waals surface area contributed by atoms with Crippen molar-refractivity contribution in [3.8, 4) is 0 Å². The molecule has 0 aliphatic rings. The minimum absolute atomic E-state index is 0.209. The Balaban J connectivity index is 2.70. The van der Waals surface area contributed by atoms with E-state index in [-0.39, 0.29) is 5.41 Å². The van der Waals surface area contributed by atoms with Crippen LogP contribution < -0.4 is 0 Å². The van der Waals surface area contributed by atoms with Crippen LogP contribution in [0.15, 0.2) is 24.3 Å². The van der Waals surface area contributed by atoms with Gasteiger partial charge in [-0.15, -0.1) is 0 Å². The molecule has 0 amide bonds. The van der Waals surface area contributed by atoms with Gasteiger partial charge in [0.15, 0.2) is 0 Å². The van der Waals surface area contributed by atoms with Gasteiger partial charge in [0.05, 0.1) is 0 Å². The molecule has 0 bridgehead atoms. The minimum Gasteiger partial charge on any atom is -0.303 e. The van der Waals surface area contributed by atoms with Crippen LogP contribution >= 0.6 is 0 Å². The predicted molar refractivity (Wildman–Crippen MR) is 64.1 cm³/mol. The number of carbonyl (C=O) groups excluding carboxylic acids is 1. The Morgan fingerprint density at radius 1 is 1.27 bits per heavy atom. The maximum atomic E-state index is 10.2. The van der Waals surface area contributed by atoms with Crippen LogP contribution in [0.1, 0.15) is 44.7 Å². The number of unbranched alkanes of at least 4 members (excludes halogenated alkanes) is 1. The van der Waals surface area contributed by atoms with Crippen LogP contribution in [0.5, 0.6) is 0 Å². The summed E-state index contributed by atoms with van der Waals surface area (Å²) in [6, 6.07) is 8.67. The summed E-state index contributed by atoms with van der Waals surface area (Å²) in [6.45, 7) is 6.66. The molecular weight excluding hydrogens is 184 g/mol. The minimum atomic E-state index is 0.209. The van der Waals surface area contributed by atoms with E-state index in [9.17, 15) is 4.79 Å². The van der Waals surface area contributed by atoms with Crippen LogP contribution in [-0.4, -0.2) is 6.29 Å². The lowest BCUT2D eigenvalue weighted by Crippen LogP contribution is -2.11. The first-order valence-corrected chi connectivity index (χ1v) is 5.57. The maximum absolute atomic E-state index is 10.2. The molecule has 0 radical (unpaired) electrons. The molecule has 0 atom stereocenters. The highest BCUT2D eigenvalue weighted by atomic mass is 16.1. The first kappa shape index (κ1) is 12.0. The second-order valence-electron chi connectivity index (χ2n) is 5.01. The standard InChI is InChI=1S/C14H20O/c1-14(2,3)13-9-6-8-12(11-13)7-4-5-10-15/h6,8-11H,4-5,7H2,1-3H3. The zero-order chi connectivity index (χ0) is 11.3. The molecule has 1 rings (SSSR count). The molecule has 0 saturated heterocycles. The SMILES string of the molecule is CC(C)(C)c1cccc(CCCC=O)c1. The lowest BCUT2D eigenvalue weighted by Gasteiger charge is -2.19. The van der Waals surface area contributed by atoms with Crippen molar-refractivity contribution in [2.24, 2.45) is 0 Å². The number of hydrogen-bond donors (Lipinski definition) is 0. The summed E-state index contributed by atoms with van der Waals surface area (Å²) in [5, 5.41) is 0. The quantitative estimate of drug-likeness (QED) is 0.542. The number of rotatable bonds is 4. The van der Waals surface area contributed by atoms with Gasteiger partial charge < -0.3 is 4.79 Å². The van der Waals surface area contributed by atoms with Crippen molar-refractivity contribution in [2.45, 2.75) is 45.4 Å².